The predicted octanol–water partition coefficient (Wildman–Crippen LogP) is 1.33. The number of aromatic nitrogens is 3. The Hall–Kier alpha value is -0.900. The third-order valence-corrected chi connectivity index (χ3v) is 3.81. The van der Waals surface area contributed by atoms with Crippen molar-refractivity contribution in [2.75, 3.05) is 13.1 Å². The number of piperidine rings is 1. The summed E-state index contributed by atoms with van der Waals surface area (Å²) in [6.07, 6.45) is 4.77. The summed E-state index contributed by atoms with van der Waals surface area (Å²) in [4.78, 5) is 4.73. The number of hydrogen-bond acceptors (Lipinski definition) is 3. The van der Waals surface area contributed by atoms with Gasteiger partial charge in [0.1, 0.15) is 5.82 Å². The third-order valence-electron chi connectivity index (χ3n) is 3.81. The maximum atomic E-state index is 4.73. The van der Waals surface area contributed by atoms with Crippen molar-refractivity contribution in [3.8, 4) is 0 Å². The largest absolute Gasteiger partial charge is 0.317 e. The lowest BCUT2D eigenvalue weighted by molar-refractivity contribution is 0.365. The molecule has 88 valence electrons. The van der Waals surface area contributed by atoms with Crippen LogP contribution in [0.25, 0.3) is 0 Å². The Morgan fingerprint density at radius 1 is 1.25 bits per heavy atom. The highest BCUT2D eigenvalue weighted by atomic mass is 15.4. The van der Waals surface area contributed by atoms with E-state index in [-0.39, 0.29) is 0 Å². The minimum Gasteiger partial charge on any atom is -0.317 e. The summed E-state index contributed by atoms with van der Waals surface area (Å²) in [5, 5.41) is 8.09. The molecule has 2 aliphatic rings. The molecule has 0 aliphatic carbocycles. The second-order valence-corrected chi connectivity index (χ2v) is 5.24. The van der Waals surface area contributed by atoms with E-state index in [2.05, 4.69) is 16.9 Å². The zero-order valence-electron chi connectivity index (χ0n) is 9.95. The molecule has 0 bridgehead atoms. The normalized spacial score (nSPS) is 26.7. The van der Waals surface area contributed by atoms with Gasteiger partial charge in [0.2, 0.25) is 0 Å². The van der Waals surface area contributed by atoms with Crippen molar-refractivity contribution >= 4 is 0 Å². The Balaban J connectivity index is 1.80. The molecule has 1 fully saturated rings. The highest BCUT2D eigenvalue weighted by Gasteiger charge is 2.23. The van der Waals surface area contributed by atoms with Gasteiger partial charge in [-0.2, -0.15) is 5.10 Å². The summed E-state index contributed by atoms with van der Waals surface area (Å²) in [6.45, 7) is 5.60. The van der Waals surface area contributed by atoms with Gasteiger partial charge in [-0.25, -0.2) is 9.67 Å². The van der Waals surface area contributed by atoms with Gasteiger partial charge >= 0.3 is 0 Å². The van der Waals surface area contributed by atoms with Gasteiger partial charge in [0.05, 0.1) is 0 Å². The Labute approximate surface area is 96.4 Å². The number of rotatable bonds is 1. The second-order valence-electron chi connectivity index (χ2n) is 5.24. The highest BCUT2D eigenvalue weighted by molar-refractivity contribution is 5.03. The molecule has 1 atom stereocenters. The van der Waals surface area contributed by atoms with E-state index in [0.29, 0.717) is 5.92 Å². The number of nitrogens with one attached hydrogen (secondary N) is 1. The van der Waals surface area contributed by atoms with Crippen molar-refractivity contribution < 1.29 is 0 Å². The van der Waals surface area contributed by atoms with Crippen LogP contribution in [-0.2, 0) is 13.0 Å². The Morgan fingerprint density at radius 3 is 2.88 bits per heavy atom. The third kappa shape index (κ3) is 1.86. The zero-order chi connectivity index (χ0) is 11.0. The van der Waals surface area contributed by atoms with Crippen molar-refractivity contribution in [1.82, 2.24) is 20.1 Å². The van der Waals surface area contributed by atoms with Crippen LogP contribution in [0.4, 0.5) is 0 Å². The van der Waals surface area contributed by atoms with Crippen LogP contribution in [-0.4, -0.2) is 27.9 Å². The van der Waals surface area contributed by atoms with Gasteiger partial charge in [0.25, 0.3) is 0 Å². The molecule has 0 spiro atoms. The summed E-state index contributed by atoms with van der Waals surface area (Å²) in [6, 6.07) is 0. The molecule has 0 radical (unpaired) electrons. The van der Waals surface area contributed by atoms with Crippen LogP contribution in [0, 0.1) is 5.92 Å². The monoisotopic (exact) mass is 220 g/mol. The fourth-order valence-corrected chi connectivity index (χ4v) is 2.74. The van der Waals surface area contributed by atoms with Gasteiger partial charge in [-0.1, -0.05) is 6.92 Å². The van der Waals surface area contributed by atoms with Gasteiger partial charge < -0.3 is 5.32 Å². The lowest BCUT2D eigenvalue weighted by Gasteiger charge is -2.19. The number of nitrogens with zero attached hydrogens (tertiary/aromatic N) is 3. The second kappa shape index (κ2) is 4.17. The van der Waals surface area contributed by atoms with Crippen LogP contribution in [0.2, 0.25) is 0 Å². The summed E-state index contributed by atoms with van der Waals surface area (Å²) in [5.41, 5.74) is 0. The lowest BCUT2D eigenvalue weighted by atomic mass is 9.98. The van der Waals surface area contributed by atoms with Crippen molar-refractivity contribution in [2.45, 2.75) is 45.1 Å². The first-order valence-electron chi connectivity index (χ1n) is 6.47. The topological polar surface area (TPSA) is 42.7 Å². The fourth-order valence-electron chi connectivity index (χ4n) is 2.74. The molecule has 2 aliphatic heterocycles. The summed E-state index contributed by atoms with van der Waals surface area (Å²) < 4.78 is 2.14. The minimum absolute atomic E-state index is 0.592. The minimum atomic E-state index is 0.592. The Bertz CT molecular complexity index is 365. The Kier molecular flexibility index (Phi) is 2.67. The standard InChI is InChI=1S/C12H20N4/c1-9-2-3-11-14-12(15-16(11)8-9)10-4-6-13-7-5-10/h9-10,13H,2-8H2,1H3. The first kappa shape index (κ1) is 10.3. The lowest BCUT2D eigenvalue weighted by Crippen LogP contribution is -2.27. The molecule has 1 N–H and O–H groups in total. The molecule has 3 rings (SSSR count). The van der Waals surface area contributed by atoms with Crippen molar-refractivity contribution in [2.24, 2.45) is 5.92 Å². The molecule has 16 heavy (non-hydrogen) atoms. The van der Waals surface area contributed by atoms with Gasteiger partial charge in [-0.15, -0.1) is 0 Å². The molecule has 1 saturated heterocycles. The van der Waals surface area contributed by atoms with E-state index in [4.69, 9.17) is 10.1 Å². The average molecular weight is 220 g/mol. The average Bonchev–Trinajstić information content (AvgIpc) is 2.73. The smallest absolute Gasteiger partial charge is 0.154 e. The van der Waals surface area contributed by atoms with E-state index >= 15 is 0 Å². The van der Waals surface area contributed by atoms with Crippen LogP contribution >= 0.6 is 0 Å². The van der Waals surface area contributed by atoms with Crippen LogP contribution in [0.1, 0.15) is 43.8 Å². The molecule has 0 amide bonds. The molecule has 0 saturated carbocycles. The predicted molar refractivity (Wildman–Crippen MR) is 62.4 cm³/mol. The van der Waals surface area contributed by atoms with Gasteiger partial charge in [0.15, 0.2) is 5.82 Å². The maximum absolute atomic E-state index is 4.73. The summed E-state index contributed by atoms with van der Waals surface area (Å²) in [5.74, 6) is 3.67. The first-order chi connectivity index (χ1) is 7.83. The van der Waals surface area contributed by atoms with E-state index in [1.165, 1.54) is 25.1 Å². The number of fused-ring (bicyclic) bond motifs is 1. The molecule has 4 nitrogen and oxygen atoms in total. The fraction of sp³-hybridized carbons (Fsp3) is 0.833. The molecule has 1 unspecified atom stereocenters. The molecular formula is C12H20N4. The molecule has 4 heteroatoms. The Morgan fingerprint density at radius 2 is 2.06 bits per heavy atom. The van der Waals surface area contributed by atoms with E-state index in [0.717, 1.165) is 37.8 Å². The van der Waals surface area contributed by atoms with Crippen LogP contribution < -0.4 is 5.32 Å². The van der Waals surface area contributed by atoms with E-state index in [1.807, 2.05) is 0 Å². The first-order valence-corrected chi connectivity index (χ1v) is 6.47. The van der Waals surface area contributed by atoms with E-state index in [9.17, 15) is 0 Å². The van der Waals surface area contributed by atoms with E-state index in [1.54, 1.807) is 0 Å². The van der Waals surface area contributed by atoms with E-state index < -0.39 is 0 Å². The van der Waals surface area contributed by atoms with Crippen LogP contribution in [0.15, 0.2) is 0 Å². The molecular weight excluding hydrogens is 200 g/mol. The van der Waals surface area contributed by atoms with Crippen LogP contribution in [0.5, 0.6) is 0 Å². The zero-order valence-corrected chi connectivity index (χ0v) is 9.95. The SMILES string of the molecule is CC1CCc2nc(C3CCNCC3)nn2C1. The summed E-state index contributed by atoms with van der Waals surface area (Å²) in [7, 11) is 0. The van der Waals surface area contributed by atoms with Crippen LogP contribution in [0.3, 0.4) is 0 Å². The molecule has 1 aromatic rings. The van der Waals surface area contributed by atoms with Crippen molar-refractivity contribution in [1.29, 1.82) is 0 Å². The molecule has 1 aromatic heterocycles. The van der Waals surface area contributed by atoms with Crippen molar-refractivity contribution in [3.63, 3.8) is 0 Å². The van der Waals surface area contributed by atoms with Gasteiger partial charge in [0, 0.05) is 18.9 Å². The summed E-state index contributed by atoms with van der Waals surface area (Å²) >= 11 is 0. The van der Waals surface area contributed by atoms with Gasteiger partial charge in [-0.3, -0.25) is 0 Å². The quantitative estimate of drug-likeness (QED) is 0.776. The number of hydrogen-bond donors (Lipinski definition) is 1. The number of aryl methyl sites for hydroxylation is 1. The molecule has 0 aromatic carbocycles. The maximum Gasteiger partial charge on any atom is 0.154 e. The highest BCUT2D eigenvalue weighted by Crippen LogP contribution is 2.25. The van der Waals surface area contributed by atoms with Crippen molar-refractivity contribution in [3.05, 3.63) is 11.6 Å². The molecule has 3 heterocycles. The van der Waals surface area contributed by atoms with Gasteiger partial charge in [-0.05, 0) is 38.3 Å².